The molecular formula is C19H24O5. The summed E-state index contributed by atoms with van der Waals surface area (Å²) in [6.45, 7) is 4.93. The third-order valence-electron chi connectivity index (χ3n) is 9.33. The van der Waals surface area contributed by atoms with Gasteiger partial charge in [0.25, 0.3) is 0 Å². The minimum Gasteiger partial charge on any atom is -0.461 e. The fourth-order valence-electron chi connectivity index (χ4n) is 8.02. The molecule has 0 aromatic carbocycles. The van der Waals surface area contributed by atoms with Crippen molar-refractivity contribution in [1.29, 1.82) is 0 Å². The van der Waals surface area contributed by atoms with Crippen LogP contribution in [0.15, 0.2) is 0 Å². The van der Waals surface area contributed by atoms with E-state index in [-0.39, 0.29) is 34.8 Å². The zero-order valence-corrected chi connectivity index (χ0v) is 14.4. The van der Waals surface area contributed by atoms with Crippen molar-refractivity contribution in [3.05, 3.63) is 0 Å². The third kappa shape index (κ3) is 1.00. The Balaban J connectivity index is 1.65. The molecule has 0 N–H and O–H groups in total. The van der Waals surface area contributed by atoms with Gasteiger partial charge < -0.3 is 14.2 Å². The molecule has 7 rings (SSSR count). The number of esters is 2. The molecule has 3 saturated carbocycles. The van der Waals surface area contributed by atoms with Crippen LogP contribution in [0.2, 0.25) is 0 Å². The lowest BCUT2D eigenvalue weighted by molar-refractivity contribution is -0.380. The van der Waals surface area contributed by atoms with Crippen molar-refractivity contribution in [2.24, 2.45) is 22.2 Å². The van der Waals surface area contributed by atoms with Crippen LogP contribution in [-0.2, 0) is 23.8 Å². The molecule has 3 aliphatic carbocycles. The molecule has 7 aliphatic rings. The van der Waals surface area contributed by atoms with E-state index in [1.807, 2.05) is 6.92 Å². The Morgan fingerprint density at radius 2 is 1.88 bits per heavy atom. The minimum absolute atomic E-state index is 0.000698. The zero-order valence-electron chi connectivity index (χ0n) is 14.4. The number of rotatable bonds is 0. The quantitative estimate of drug-likeness (QED) is 0.637. The highest BCUT2D eigenvalue weighted by atomic mass is 16.6. The number of carbonyl (C=O) groups excluding carboxylic acids is 2. The Bertz CT molecular complexity index is 692. The largest absolute Gasteiger partial charge is 0.461 e. The Morgan fingerprint density at radius 1 is 1.04 bits per heavy atom. The maximum absolute atomic E-state index is 13.0. The average molecular weight is 332 g/mol. The molecule has 6 bridgehead atoms. The summed E-state index contributed by atoms with van der Waals surface area (Å²) >= 11 is 0. The number of hydrogen-bond donors (Lipinski definition) is 0. The van der Waals surface area contributed by atoms with Crippen molar-refractivity contribution >= 4 is 11.9 Å². The molecule has 2 spiro atoms. The Kier molecular flexibility index (Phi) is 2.09. The van der Waals surface area contributed by atoms with Gasteiger partial charge in [0.1, 0.15) is 11.7 Å². The van der Waals surface area contributed by atoms with Gasteiger partial charge in [-0.2, -0.15) is 0 Å². The summed E-state index contributed by atoms with van der Waals surface area (Å²) in [6, 6.07) is 0. The molecule has 0 unspecified atom stereocenters. The Labute approximate surface area is 141 Å². The standard InChI is InChI=1S/C19H24O5/c1-15-4-3-5-19(24-14(15)21)16(2)12-8-11(13(20)23-12)9-17(16)6-7-18(15,19)22-10-17/h11-12H,3-10H2,1-2H3/t11-,12+,15+,16+,17+,18+,19-/m1/s1. The van der Waals surface area contributed by atoms with Gasteiger partial charge in [-0.15, -0.1) is 0 Å². The highest BCUT2D eigenvalue weighted by Gasteiger charge is 2.89. The van der Waals surface area contributed by atoms with Crippen molar-refractivity contribution < 1.29 is 23.8 Å². The number of ether oxygens (including phenoxy) is 3. The zero-order chi connectivity index (χ0) is 16.6. The van der Waals surface area contributed by atoms with E-state index in [0.29, 0.717) is 6.61 Å². The first-order valence-corrected chi connectivity index (χ1v) is 9.42. The number of carbonyl (C=O) groups is 2. The topological polar surface area (TPSA) is 61.8 Å². The number of hydrogen-bond acceptors (Lipinski definition) is 5. The molecule has 4 aliphatic heterocycles. The maximum Gasteiger partial charge on any atom is 0.315 e. The third-order valence-corrected chi connectivity index (χ3v) is 9.33. The van der Waals surface area contributed by atoms with Crippen LogP contribution in [0.3, 0.4) is 0 Å². The summed E-state index contributed by atoms with van der Waals surface area (Å²) in [4.78, 5) is 25.3. The van der Waals surface area contributed by atoms with Gasteiger partial charge in [-0.3, -0.25) is 9.59 Å². The van der Waals surface area contributed by atoms with Crippen LogP contribution in [0.1, 0.15) is 58.8 Å². The summed E-state index contributed by atoms with van der Waals surface area (Å²) < 4.78 is 18.8. The molecule has 0 amide bonds. The molecule has 7 fully saturated rings. The maximum atomic E-state index is 13.0. The van der Waals surface area contributed by atoms with Crippen molar-refractivity contribution in [1.82, 2.24) is 0 Å². The molecular weight excluding hydrogens is 308 g/mol. The van der Waals surface area contributed by atoms with Gasteiger partial charge in [-0.25, -0.2) is 0 Å². The summed E-state index contributed by atoms with van der Waals surface area (Å²) in [7, 11) is 0. The van der Waals surface area contributed by atoms with Crippen LogP contribution in [0.25, 0.3) is 0 Å². The van der Waals surface area contributed by atoms with E-state index in [1.165, 1.54) is 0 Å². The molecule has 7 atom stereocenters. The van der Waals surface area contributed by atoms with E-state index in [1.54, 1.807) is 0 Å². The Hall–Kier alpha value is -1.10. The second kappa shape index (κ2) is 3.55. The SMILES string of the molecule is C[C@]12[C@@H]3C[C@H](C[C@]14CC[C@@]1(OC4)[C@@]24CCC[C@@]1(C)C(=O)O4)C(=O)O3. The smallest absolute Gasteiger partial charge is 0.315 e. The van der Waals surface area contributed by atoms with Gasteiger partial charge in [0.2, 0.25) is 0 Å². The van der Waals surface area contributed by atoms with E-state index in [4.69, 9.17) is 14.2 Å². The first kappa shape index (κ1) is 14.1. The highest BCUT2D eigenvalue weighted by molar-refractivity contribution is 5.84. The summed E-state index contributed by atoms with van der Waals surface area (Å²) in [6.07, 6.45) is 6.01. The highest BCUT2D eigenvalue weighted by Crippen LogP contribution is 2.80. The fourth-order valence-corrected chi connectivity index (χ4v) is 8.02. The monoisotopic (exact) mass is 332 g/mol. The van der Waals surface area contributed by atoms with E-state index in [0.717, 1.165) is 44.9 Å². The van der Waals surface area contributed by atoms with Crippen LogP contribution < -0.4 is 0 Å². The molecule has 0 aromatic heterocycles. The van der Waals surface area contributed by atoms with Crippen molar-refractivity contribution in [3.63, 3.8) is 0 Å². The van der Waals surface area contributed by atoms with E-state index in [9.17, 15) is 9.59 Å². The van der Waals surface area contributed by atoms with E-state index < -0.39 is 16.6 Å². The molecule has 24 heavy (non-hydrogen) atoms. The van der Waals surface area contributed by atoms with Crippen molar-refractivity contribution in [3.8, 4) is 0 Å². The van der Waals surface area contributed by atoms with Gasteiger partial charge in [0.15, 0.2) is 5.60 Å². The summed E-state index contributed by atoms with van der Waals surface area (Å²) in [5.41, 5.74) is -2.14. The molecule has 4 saturated heterocycles. The molecule has 4 heterocycles. The lowest BCUT2D eigenvalue weighted by Crippen LogP contribution is -2.82. The van der Waals surface area contributed by atoms with Crippen LogP contribution in [0, 0.1) is 22.2 Å². The molecule has 0 aromatic rings. The summed E-state index contributed by atoms with van der Waals surface area (Å²) in [5.74, 6) is -0.145. The molecule has 130 valence electrons. The van der Waals surface area contributed by atoms with E-state index >= 15 is 0 Å². The number of fused-ring (bicyclic) bond motifs is 4. The van der Waals surface area contributed by atoms with Gasteiger partial charge in [0, 0.05) is 5.41 Å². The predicted octanol–water partition coefficient (Wildman–Crippen LogP) is 2.36. The van der Waals surface area contributed by atoms with Crippen LogP contribution in [0.5, 0.6) is 0 Å². The van der Waals surface area contributed by atoms with E-state index in [2.05, 4.69) is 6.92 Å². The first-order chi connectivity index (χ1) is 11.3. The Morgan fingerprint density at radius 3 is 2.62 bits per heavy atom. The van der Waals surface area contributed by atoms with Gasteiger partial charge in [-0.1, -0.05) is 6.92 Å². The second-order valence-corrected chi connectivity index (χ2v) is 9.56. The first-order valence-electron chi connectivity index (χ1n) is 9.42. The average Bonchev–Trinajstić information content (AvgIpc) is 2.91. The van der Waals surface area contributed by atoms with Gasteiger partial charge in [-0.05, 0) is 51.9 Å². The van der Waals surface area contributed by atoms with Gasteiger partial charge in [0.05, 0.1) is 23.4 Å². The molecule has 5 nitrogen and oxygen atoms in total. The van der Waals surface area contributed by atoms with Gasteiger partial charge >= 0.3 is 11.9 Å². The summed E-state index contributed by atoms with van der Waals surface area (Å²) in [5, 5.41) is 0. The normalized spacial score (nSPS) is 62.8. The molecule has 5 heteroatoms. The van der Waals surface area contributed by atoms with Crippen LogP contribution in [-0.4, -0.2) is 35.9 Å². The lowest BCUT2D eigenvalue weighted by Gasteiger charge is -2.73. The molecule has 0 radical (unpaired) electrons. The van der Waals surface area contributed by atoms with Crippen molar-refractivity contribution in [2.75, 3.05) is 6.61 Å². The van der Waals surface area contributed by atoms with Crippen LogP contribution in [0.4, 0.5) is 0 Å². The fraction of sp³-hybridized carbons (Fsp3) is 0.895. The minimum atomic E-state index is -0.624. The predicted molar refractivity (Wildman–Crippen MR) is 81.8 cm³/mol. The lowest BCUT2D eigenvalue weighted by atomic mass is 9.35. The van der Waals surface area contributed by atoms with Crippen LogP contribution >= 0.6 is 0 Å². The second-order valence-electron chi connectivity index (χ2n) is 9.56. The van der Waals surface area contributed by atoms with Crippen molar-refractivity contribution in [2.45, 2.75) is 76.1 Å².